The Morgan fingerprint density at radius 1 is 1.67 bits per heavy atom. The number of thioether (sulfide) groups is 1. The number of rotatable bonds is 3. The Bertz CT molecular complexity index is 259. The molecule has 86 valence electrons. The number of carbonyl (C=O) groups is 1. The maximum absolute atomic E-state index is 10.6. The molecule has 1 saturated carbocycles. The van der Waals surface area contributed by atoms with Gasteiger partial charge in [0.25, 0.3) is 0 Å². The molecule has 0 aromatic rings. The van der Waals surface area contributed by atoms with Gasteiger partial charge < -0.3 is 9.84 Å². The predicted molar refractivity (Wildman–Crippen MR) is 63.5 cm³/mol. The van der Waals surface area contributed by atoms with Crippen molar-refractivity contribution in [2.75, 3.05) is 11.5 Å². The highest BCUT2D eigenvalue weighted by atomic mass is 32.2. The highest BCUT2D eigenvalue weighted by molar-refractivity contribution is 8.00. The van der Waals surface area contributed by atoms with Crippen molar-refractivity contribution in [2.24, 2.45) is 5.92 Å². The first kappa shape index (κ1) is 11.6. The van der Waals surface area contributed by atoms with E-state index in [0.29, 0.717) is 5.92 Å². The van der Waals surface area contributed by atoms with Gasteiger partial charge >= 0.3 is 5.97 Å². The third-order valence-electron chi connectivity index (χ3n) is 3.11. The summed E-state index contributed by atoms with van der Waals surface area (Å²) in [7, 11) is 0. The molecule has 1 aliphatic carbocycles. The monoisotopic (exact) mass is 248 g/mol. The summed E-state index contributed by atoms with van der Waals surface area (Å²) >= 11 is 6.09. The van der Waals surface area contributed by atoms with Crippen molar-refractivity contribution < 1.29 is 14.6 Å². The number of carboxylic acids is 1. The molecule has 1 N–H and O–H groups in total. The summed E-state index contributed by atoms with van der Waals surface area (Å²) in [6.07, 6.45) is 3.42. The van der Waals surface area contributed by atoms with Gasteiger partial charge in [0.2, 0.25) is 0 Å². The van der Waals surface area contributed by atoms with Crippen LogP contribution in [-0.4, -0.2) is 33.6 Å². The molecule has 15 heavy (non-hydrogen) atoms. The third kappa shape index (κ3) is 2.63. The summed E-state index contributed by atoms with van der Waals surface area (Å²) in [5.41, 5.74) is 0. The second kappa shape index (κ2) is 4.55. The first-order valence-corrected chi connectivity index (χ1v) is 6.90. The first-order valence-electron chi connectivity index (χ1n) is 5.28. The van der Waals surface area contributed by atoms with Crippen molar-refractivity contribution >= 4 is 30.4 Å². The lowest BCUT2D eigenvalue weighted by atomic mass is 10.0. The molecular weight excluding hydrogens is 232 g/mol. The van der Waals surface area contributed by atoms with Gasteiger partial charge in [-0.05, 0) is 25.2 Å². The first-order chi connectivity index (χ1) is 7.13. The number of thiol groups is 1. The average molecular weight is 248 g/mol. The van der Waals surface area contributed by atoms with Crippen LogP contribution in [0.2, 0.25) is 0 Å². The van der Waals surface area contributed by atoms with Gasteiger partial charge in [0.1, 0.15) is 4.93 Å². The van der Waals surface area contributed by atoms with Gasteiger partial charge in [0, 0.05) is 17.9 Å². The lowest BCUT2D eigenvalue weighted by molar-refractivity contribution is -0.138. The summed E-state index contributed by atoms with van der Waals surface area (Å²) in [5, 5.41) is 8.74. The third-order valence-corrected chi connectivity index (χ3v) is 5.05. The van der Waals surface area contributed by atoms with Crippen molar-refractivity contribution in [2.45, 2.75) is 36.7 Å². The van der Waals surface area contributed by atoms with Crippen LogP contribution in [0.5, 0.6) is 0 Å². The maximum Gasteiger partial charge on any atom is 0.303 e. The van der Waals surface area contributed by atoms with Gasteiger partial charge in [-0.15, -0.1) is 11.8 Å². The fraction of sp³-hybridized carbons (Fsp3) is 0.900. The molecule has 0 amide bonds. The van der Waals surface area contributed by atoms with E-state index < -0.39 is 5.97 Å². The molecule has 1 heterocycles. The zero-order valence-corrected chi connectivity index (χ0v) is 10.2. The summed E-state index contributed by atoms with van der Waals surface area (Å²) in [6, 6.07) is 0. The number of hydrogen-bond acceptors (Lipinski definition) is 4. The van der Waals surface area contributed by atoms with E-state index in [-0.39, 0.29) is 17.5 Å². The van der Waals surface area contributed by atoms with Crippen molar-refractivity contribution in [3.63, 3.8) is 0 Å². The zero-order chi connectivity index (χ0) is 10.9. The Morgan fingerprint density at radius 3 is 3.07 bits per heavy atom. The van der Waals surface area contributed by atoms with Gasteiger partial charge in [0.15, 0.2) is 0 Å². The van der Waals surface area contributed by atoms with E-state index in [2.05, 4.69) is 12.6 Å². The number of ether oxygens (including phenoxy) is 1. The molecule has 0 aromatic carbocycles. The van der Waals surface area contributed by atoms with Crippen LogP contribution in [0.1, 0.15) is 25.7 Å². The standard InChI is InChI=1S/C10H16O3S2/c11-9(12)3-7-1-2-10(4-7)13-8(5-14)6-15-10/h7-8,14H,1-6H2,(H,11,12). The molecule has 0 aromatic heterocycles. The Morgan fingerprint density at radius 2 is 2.47 bits per heavy atom. The Labute approximate surface area is 99.4 Å². The second-order valence-electron chi connectivity index (χ2n) is 4.35. The van der Waals surface area contributed by atoms with Crippen LogP contribution < -0.4 is 0 Å². The fourth-order valence-corrected chi connectivity index (χ4v) is 4.31. The molecule has 5 heteroatoms. The number of carboxylic acid groups (broad SMARTS) is 1. The van der Waals surface area contributed by atoms with Gasteiger partial charge in [0.05, 0.1) is 6.10 Å². The van der Waals surface area contributed by atoms with Crippen LogP contribution in [0, 0.1) is 5.92 Å². The van der Waals surface area contributed by atoms with Crippen LogP contribution in [-0.2, 0) is 9.53 Å². The Balaban J connectivity index is 1.89. The minimum atomic E-state index is -0.689. The largest absolute Gasteiger partial charge is 0.481 e. The van der Waals surface area contributed by atoms with Crippen LogP contribution in [0.3, 0.4) is 0 Å². The van der Waals surface area contributed by atoms with E-state index >= 15 is 0 Å². The molecule has 3 unspecified atom stereocenters. The Kier molecular flexibility index (Phi) is 3.52. The summed E-state index contributed by atoms with van der Waals surface area (Å²) < 4.78 is 5.96. The van der Waals surface area contributed by atoms with Gasteiger partial charge in [-0.3, -0.25) is 4.79 Å². The van der Waals surface area contributed by atoms with Crippen LogP contribution >= 0.6 is 24.4 Å². The summed E-state index contributed by atoms with van der Waals surface area (Å²) in [5.74, 6) is 1.38. The molecular formula is C10H16O3S2. The van der Waals surface area contributed by atoms with E-state index in [1.165, 1.54) is 0 Å². The van der Waals surface area contributed by atoms with E-state index in [1.807, 2.05) is 11.8 Å². The molecule has 0 radical (unpaired) electrons. The quantitative estimate of drug-likeness (QED) is 0.750. The number of aliphatic carboxylic acids is 1. The SMILES string of the molecule is O=C(O)CC1CCC2(C1)OC(CS)CS2. The lowest BCUT2D eigenvalue weighted by Crippen LogP contribution is -2.24. The van der Waals surface area contributed by atoms with E-state index in [9.17, 15) is 4.79 Å². The van der Waals surface area contributed by atoms with Crippen molar-refractivity contribution in [3.8, 4) is 0 Å². The van der Waals surface area contributed by atoms with Crippen molar-refractivity contribution in [1.82, 2.24) is 0 Å². The minimum absolute atomic E-state index is 0.0759. The van der Waals surface area contributed by atoms with E-state index in [4.69, 9.17) is 9.84 Å². The zero-order valence-electron chi connectivity index (χ0n) is 8.52. The van der Waals surface area contributed by atoms with Gasteiger partial charge in [-0.1, -0.05) is 0 Å². The van der Waals surface area contributed by atoms with Crippen molar-refractivity contribution in [3.05, 3.63) is 0 Å². The lowest BCUT2D eigenvalue weighted by Gasteiger charge is -2.22. The van der Waals surface area contributed by atoms with Crippen molar-refractivity contribution in [1.29, 1.82) is 0 Å². The molecule has 0 bridgehead atoms. The fourth-order valence-electron chi connectivity index (χ4n) is 2.43. The normalized spacial score (nSPS) is 40.1. The second-order valence-corrected chi connectivity index (χ2v) is 6.08. The molecule has 2 fully saturated rings. The number of hydrogen-bond donors (Lipinski definition) is 2. The predicted octanol–water partition coefficient (Wildman–Crippen LogP) is 2.02. The summed E-state index contributed by atoms with van der Waals surface area (Å²) in [4.78, 5) is 10.5. The topological polar surface area (TPSA) is 46.5 Å². The van der Waals surface area contributed by atoms with Crippen LogP contribution in [0.4, 0.5) is 0 Å². The molecule has 1 saturated heterocycles. The van der Waals surface area contributed by atoms with Crippen LogP contribution in [0.25, 0.3) is 0 Å². The van der Waals surface area contributed by atoms with Gasteiger partial charge in [-0.2, -0.15) is 12.6 Å². The highest BCUT2D eigenvalue weighted by Gasteiger charge is 2.46. The summed E-state index contributed by atoms with van der Waals surface area (Å²) in [6.45, 7) is 0. The highest BCUT2D eigenvalue weighted by Crippen LogP contribution is 2.51. The smallest absolute Gasteiger partial charge is 0.303 e. The Hall–Kier alpha value is 0.130. The van der Waals surface area contributed by atoms with E-state index in [1.54, 1.807) is 0 Å². The molecule has 2 rings (SSSR count). The average Bonchev–Trinajstić information content (AvgIpc) is 2.74. The van der Waals surface area contributed by atoms with Gasteiger partial charge in [-0.25, -0.2) is 0 Å². The molecule has 3 atom stereocenters. The van der Waals surface area contributed by atoms with E-state index in [0.717, 1.165) is 30.8 Å². The molecule has 3 nitrogen and oxygen atoms in total. The molecule has 1 spiro atoms. The van der Waals surface area contributed by atoms with Crippen LogP contribution in [0.15, 0.2) is 0 Å². The molecule has 1 aliphatic heterocycles. The molecule has 2 aliphatic rings. The maximum atomic E-state index is 10.6. The minimum Gasteiger partial charge on any atom is -0.481 e.